The molecule has 1 aromatic heterocycles. The van der Waals surface area contributed by atoms with Gasteiger partial charge in [0, 0.05) is 43.1 Å². The van der Waals surface area contributed by atoms with Crippen LogP contribution in [0.1, 0.15) is 36.7 Å². The summed E-state index contributed by atoms with van der Waals surface area (Å²) in [5.74, 6) is 1.05. The lowest BCUT2D eigenvalue weighted by molar-refractivity contribution is -0.105. The number of carbonyl (C=O) groups is 1. The number of nitrogens with zero attached hydrogens (tertiary/aromatic N) is 4. The molecule has 2 saturated heterocycles. The summed E-state index contributed by atoms with van der Waals surface area (Å²) >= 11 is 0. The zero-order valence-corrected chi connectivity index (χ0v) is 19.7. The van der Waals surface area contributed by atoms with Gasteiger partial charge in [0.1, 0.15) is 5.82 Å². The van der Waals surface area contributed by atoms with E-state index in [0.29, 0.717) is 5.41 Å². The molecule has 0 unspecified atom stereocenters. The summed E-state index contributed by atoms with van der Waals surface area (Å²) in [6.07, 6.45) is 2.78. The van der Waals surface area contributed by atoms with Crippen molar-refractivity contribution < 1.29 is 14.6 Å². The van der Waals surface area contributed by atoms with Gasteiger partial charge < -0.3 is 19.3 Å². The lowest BCUT2D eigenvalue weighted by Gasteiger charge is -2.37. The van der Waals surface area contributed by atoms with E-state index >= 15 is 0 Å². The fraction of sp³-hybridized carbons (Fsp3) is 0.481. The van der Waals surface area contributed by atoms with Gasteiger partial charge in [0.2, 0.25) is 0 Å². The minimum atomic E-state index is -0.889. The number of hydrogen-bond acceptors (Lipinski definition) is 4. The quantitative estimate of drug-likeness (QED) is 0.619. The number of ether oxygens (including phenoxy) is 1. The minimum Gasteiger partial charge on any atom is -0.465 e. The van der Waals surface area contributed by atoms with Gasteiger partial charge in [-0.1, -0.05) is 30.3 Å². The average Bonchev–Trinajstić information content (AvgIpc) is 3.39. The van der Waals surface area contributed by atoms with Crippen molar-refractivity contribution >= 4 is 22.8 Å². The van der Waals surface area contributed by atoms with Gasteiger partial charge in [-0.05, 0) is 50.4 Å². The number of rotatable bonds is 5. The van der Waals surface area contributed by atoms with Gasteiger partial charge in [0.25, 0.3) is 0 Å². The number of aromatic nitrogens is 2. The van der Waals surface area contributed by atoms with E-state index < -0.39 is 6.09 Å². The van der Waals surface area contributed by atoms with Crippen LogP contribution in [0.25, 0.3) is 11.0 Å². The molecule has 3 aliphatic rings. The molecular formula is C27H32N4O3. The number of fused-ring (bicyclic) bond motifs is 3. The molecule has 178 valence electrons. The molecule has 0 bridgehead atoms. The summed E-state index contributed by atoms with van der Waals surface area (Å²) in [5.41, 5.74) is 5.57. The third kappa shape index (κ3) is 3.67. The van der Waals surface area contributed by atoms with Crippen LogP contribution in [-0.2, 0) is 24.1 Å². The van der Waals surface area contributed by atoms with Crippen molar-refractivity contribution in [1.29, 1.82) is 0 Å². The molecule has 2 fully saturated rings. The van der Waals surface area contributed by atoms with Gasteiger partial charge in [-0.2, -0.15) is 0 Å². The first-order valence-corrected chi connectivity index (χ1v) is 12.4. The molecule has 4 heterocycles. The zero-order valence-electron chi connectivity index (χ0n) is 19.7. The molecule has 3 aliphatic heterocycles. The smallest absolute Gasteiger partial charge is 0.412 e. The first-order valence-electron chi connectivity index (χ1n) is 12.4. The van der Waals surface area contributed by atoms with Crippen molar-refractivity contribution in [2.45, 2.75) is 45.2 Å². The summed E-state index contributed by atoms with van der Waals surface area (Å²) in [7, 11) is 0. The Bertz CT molecular complexity index is 1220. The van der Waals surface area contributed by atoms with Crippen LogP contribution in [0.2, 0.25) is 0 Å². The number of benzene rings is 2. The maximum atomic E-state index is 12.0. The highest BCUT2D eigenvalue weighted by Crippen LogP contribution is 2.38. The maximum absolute atomic E-state index is 12.0. The van der Waals surface area contributed by atoms with Gasteiger partial charge in [0.05, 0.1) is 29.9 Å². The van der Waals surface area contributed by atoms with Gasteiger partial charge >= 0.3 is 6.09 Å². The van der Waals surface area contributed by atoms with Crippen molar-refractivity contribution in [1.82, 2.24) is 14.5 Å². The Hall–Kier alpha value is -2.90. The largest absolute Gasteiger partial charge is 0.465 e. The van der Waals surface area contributed by atoms with E-state index in [-0.39, 0.29) is 6.04 Å². The molecule has 0 saturated carbocycles. The summed E-state index contributed by atoms with van der Waals surface area (Å²) in [5, 5.41) is 9.84. The number of anilines is 1. The zero-order chi connectivity index (χ0) is 23.3. The molecule has 7 nitrogen and oxygen atoms in total. The third-order valence-corrected chi connectivity index (χ3v) is 7.98. The van der Waals surface area contributed by atoms with Gasteiger partial charge in [-0.3, -0.25) is 4.90 Å². The van der Waals surface area contributed by atoms with Crippen LogP contribution in [0.5, 0.6) is 0 Å². The Balaban J connectivity index is 1.36. The molecular weight excluding hydrogens is 428 g/mol. The van der Waals surface area contributed by atoms with E-state index in [2.05, 4.69) is 39.8 Å². The van der Waals surface area contributed by atoms with Crippen LogP contribution >= 0.6 is 0 Å². The molecule has 34 heavy (non-hydrogen) atoms. The molecule has 3 aromatic rings. The topological polar surface area (TPSA) is 70.8 Å². The summed E-state index contributed by atoms with van der Waals surface area (Å²) in [6, 6.07) is 14.5. The van der Waals surface area contributed by atoms with E-state index in [1.807, 2.05) is 19.1 Å². The normalized spacial score (nSPS) is 21.7. The second-order valence-electron chi connectivity index (χ2n) is 10.3. The lowest BCUT2D eigenvalue weighted by Crippen LogP contribution is -2.44. The molecule has 0 radical (unpaired) electrons. The standard InChI is InChI=1S/C27H32N4O3/c1-19-7-8-21-22(31(19)26(32)33)9-10-23-25(21)28-24(15-20-5-3-2-4-6-20)30(23)14-13-29-12-11-27(16-29)17-34-18-27/h2-6,9-10,19H,7-8,11-18H2,1H3,(H,32,33)/t19-/m0/s1. The number of hydrogen-bond donors (Lipinski definition) is 1. The molecule has 1 N–H and O–H groups in total. The summed E-state index contributed by atoms with van der Waals surface area (Å²) in [6.45, 7) is 7.91. The lowest BCUT2D eigenvalue weighted by atomic mass is 9.85. The van der Waals surface area contributed by atoms with Crippen LogP contribution in [0.15, 0.2) is 42.5 Å². The second kappa shape index (κ2) is 8.40. The predicted octanol–water partition coefficient (Wildman–Crippen LogP) is 4.17. The Morgan fingerprint density at radius 3 is 2.71 bits per heavy atom. The monoisotopic (exact) mass is 460 g/mol. The van der Waals surface area contributed by atoms with Crippen LogP contribution in [0.3, 0.4) is 0 Å². The van der Waals surface area contributed by atoms with E-state index in [9.17, 15) is 9.90 Å². The number of likely N-dealkylation sites (tertiary alicyclic amines) is 1. The first-order chi connectivity index (χ1) is 16.5. The van der Waals surface area contributed by atoms with E-state index in [1.54, 1.807) is 0 Å². The Morgan fingerprint density at radius 2 is 2.00 bits per heavy atom. The third-order valence-electron chi connectivity index (χ3n) is 7.98. The highest BCUT2D eigenvalue weighted by atomic mass is 16.5. The van der Waals surface area contributed by atoms with Crippen molar-refractivity contribution in [3.63, 3.8) is 0 Å². The van der Waals surface area contributed by atoms with Crippen LogP contribution in [0.4, 0.5) is 10.5 Å². The highest BCUT2D eigenvalue weighted by molar-refractivity contribution is 5.94. The molecule has 0 aliphatic carbocycles. The SMILES string of the molecule is C[C@H]1CCc2c(ccc3c2nc(Cc2ccccc2)n3CCN2CCC3(COC3)C2)N1C(=O)O. The number of aryl methyl sites for hydroxylation is 1. The Labute approximate surface area is 199 Å². The van der Waals surface area contributed by atoms with Gasteiger partial charge in [-0.15, -0.1) is 0 Å². The van der Waals surface area contributed by atoms with E-state index in [4.69, 9.17) is 9.72 Å². The first kappa shape index (κ1) is 21.6. The maximum Gasteiger partial charge on any atom is 0.412 e. The molecule has 1 atom stereocenters. The van der Waals surface area contributed by atoms with Crippen LogP contribution in [0, 0.1) is 5.41 Å². The van der Waals surface area contributed by atoms with Gasteiger partial charge in [0.15, 0.2) is 0 Å². The van der Waals surface area contributed by atoms with Crippen molar-refractivity contribution in [3.8, 4) is 0 Å². The van der Waals surface area contributed by atoms with E-state index in [1.165, 1.54) is 16.9 Å². The predicted molar refractivity (Wildman–Crippen MR) is 132 cm³/mol. The fourth-order valence-electron chi connectivity index (χ4n) is 6.02. The molecule has 6 rings (SSSR count). The Morgan fingerprint density at radius 1 is 1.18 bits per heavy atom. The van der Waals surface area contributed by atoms with Gasteiger partial charge in [-0.25, -0.2) is 9.78 Å². The molecule has 7 heteroatoms. The summed E-state index contributed by atoms with van der Waals surface area (Å²) in [4.78, 5) is 21.2. The van der Waals surface area contributed by atoms with E-state index in [0.717, 1.165) is 86.8 Å². The molecule has 2 aromatic carbocycles. The van der Waals surface area contributed by atoms with Crippen molar-refractivity contribution in [2.75, 3.05) is 37.7 Å². The molecule has 1 spiro atoms. The number of imidazole rings is 1. The number of carboxylic acid groups (broad SMARTS) is 1. The average molecular weight is 461 g/mol. The van der Waals surface area contributed by atoms with Crippen LogP contribution < -0.4 is 4.90 Å². The highest BCUT2D eigenvalue weighted by Gasteiger charge is 2.44. The fourth-order valence-corrected chi connectivity index (χ4v) is 6.02. The van der Waals surface area contributed by atoms with Crippen molar-refractivity contribution in [3.05, 3.63) is 59.4 Å². The summed E-state index contributed by atoms with van der Waals surface area (Å²) < 4.78 is 7.87. The number of amides is 1. The molecule has 1 amide bonds. The minimum absolute atomic E-state index is 0.0219. The second-order valence-corrected chi connectivity index (χ2v) is 10.3. The van der Waals surface area contributed by atoms with Crippen LogP contribution in [-0.4, -0.2) is 64.5 Å². The Kier molecular flexibility index (Phi) is 5.34. The van der Waals surface area contributed by atoms with Crippen molar-refractivity contribution in [2.24, 2.45) is 5.41 Å².